The standard InChI is InChI=1S/C15H16FNO2/c1-17(10-11-4-5-11)15(19)13-7-6-12(3-2-8-18)14(16)9-13/h6-7,9,11,18H,4-5,8,10H2,1H3. The Balaban J connectivity index is 2.11. The van der Waals surface area contributed by atoms with Gasteiger partial charge >= 0.3 is 0 Å². The molecule has 1 aliphatic rings. The van der Waals surface area contributed by atoms with Crippen LogP contribution in [0.25, 0.3) is 0 Å². The summed E-state index contributed by atoms with van der Waals surface area (Å²) in [6.07, 6.45) is 2.34. The molecule has 0 aromatic heterocycles. The van der Waals surface area contributed by atoms with Crippen molar-refractivity contribution in [2.45, 2.75) is 12.8 Å². The molecule has 1 aromatic rings. The monoisotopic (exact) mass is 261 g/mol. The van der Waals surface area contributed by atoms with Crippen molar-refractivity contribution in [2.24, 2.45) is 5.92 Å². The minimum absolute atomic E-state index is 0.174. The van der Waals surface area contributed by atoms with E-state index in [0.29, 0.717) is 11.5 Å². The fourth-order valence-electron chi connectivity index (χ4n) is 1.88. The molecule has 4 heteroatoms. The third-order valence-corrected chi connectivity index (χ3v) is 3.09. The van der Waals surface area contributed by atoms with Gasteiger partial charge in [0.25, 0.3) is 5.91 Å². The van der Waals surface area contributed by atoms with E-state index in [2.05, 4.69) is 11.8 Å². The summed E-state index contributed by atoms with van der Waals surface area (Å²) >= 11 is 0. The SMILES string of the molecule is CN(CC1CC1)C(=O)c1ccc(C#CCO)c(F)c1. The maximum absolute atomic E-state index is 13.7. The molecule has 1 aromatic carbocycles. The average molecular weight is 261 g/mol. The van der Waals surface area contributed by atoms with Crippen molar-refractivity contribution in [3.63, 3.8) is 0 Å². The van der Waals surface area contributed by atoms with Gasteiger partial charge in [-0.15, -0.1) is 0 Å². The molecule has 3 nitrogen and oxygen atoms in total. The minimum Gasteiger partial charge on any atom is -0.384 e. The van der Waals surface area contributed by atoms with Crippen molar-refractivity contribution in [1.82, 2.24) is 4.90 Å². The summed E-state index contributed by atoms with van der Waals surface area (Å²) in [4.78, 5) is 13.7. The van der Waals surface area contributed by atoms with Crippen LogP contribution in [0.2, 0.25) is 0 Å². The molecule has 0 heterocycles. The van der Waals surface area contributed by atoms with E-state index in [1.807, 2.05) is 0 Å². The lowest BCUT2D eigenvalue weighted by Crippen LogP contribution is -2.28. The lowest BCUT2D eigenvalue weighted by atomic mass is 10.1. The molecular weight excluding hydrogens is 245 g/mol. The van der Waals surface area contributed by atoms with Crippen LogP contribution in [0.5, 0.6) is 0 Å². The molecule has 1 saturated carbocycles. The number of carbonyl (C=O) groups excluding carboxylic acids is 1. The van der Waals surface area contributed by atoms with E-state index in [9.17, 15) is 9.18 Å². The van der Waals surface area contributed by atoms with Gasteiger partial charge < -0.3 is 10.0 Å². The lowest BCUT2D eigenvalue weighted by Gasteiger charge is -2.16. The number of hydrogen-bond acceptors (Lipinski definition) is 2. The van der Waals surface area contributed by atoms with E-state index >= 15 is 0 Å². The first-order valence-corrected chi connectivity index (χ1v) is 6.26. The number of benzene rings is 1. The van der Waals surface area contributed by atoms with Crippen molar-refractivity contribution >= 4 is 5.91 Å². The zero-order valence-electron chi connectivity index (χ0n) is 10.8. The van der Waals surface area contributed by atoms with E-state index in [1.165, 1.54) is 25.0 Å². The Morgan fingerprint density at radius 1 is 1.53 bits per heavy atom. The first-order valence-electron chi connectivity index (χ1n) is 6.26. The molecule has 0 saturated heterocycles. The van der Waals surface area contributed by atoms with Gasteiger partial charge in [-0.25, -0.2) is 4.39 Å². The number of amides is 1. The second kappa shape index (κ2) is 5.85. The summed E-state index contributed by atoms with van der Waals surface area (Å²) in [5.41, 5.74) is 0.519. The summed E-state index contributed by atoms with van der Waals surface area (Å²) < 4.78 is 13.7. The zero-order chi connectivity index (χ0) is 13.8. The number of hydrogen-bond donors (Lipinski definition) is 1. The fraction of sp³-hybridized carbons (Fsp3) is 0.400. The number of carbonyl (C=O) groups is 1. The lowest BCUT2D eigenvalue weighted by molar-refractivity contribution is 0.0788. The molecule has 0 unspecified atom stereocenters. The van der Waals surface area contributed by atoms with E-state index in [0.717, 1.165) is 6.54 Å². The summed E-state index contributed by atoms with van der Waals surface area (Å²) in [6, 6.07) is 4.24. The van der Waals surface area contributed by atoms with E-state index in [1.54, 1.807) is 18.0 Å². The van der Waals surface area contributed by atoms with Gasteiger partial charge in [-0.3, -0.25) is 4.79 Å². The van der Waals surface area contributed by atoms with Crippen molar-refractivity contribution in [3.8, 4) is 11.8 Å². The molecule has 1 N–H and O–H groups in total. The van der Waals surface area contributed by atoms with Gasteiger partial charge in [0.2, 0.25) is 0 Å². The maximum Gasteiger partial charge on any atom is 0.253 e. The highest BCUT2D eigenvalue weighted by Crippen LogP contribution is 2.29. The van der Waals surface area contributed by atoms with Crippen LogP contribution in [-0.2, 0) is 0 Å². The highest BCUT2D eigenvalue weighted by Gasteiger charge is 2.25. The van der Waals surface area contributed by atoms with Gasteiger partial charge in [0.1, 0.15) is 12.4 Å². The minimum atomic E-state index is -0.536. The van der Waals surface area contributed by atoms with Crippen LogP contribution in [0.3, 0.4) is 0 Å². The van der Waals surface area contributed by atoms with Crippen LogP contribution in [0.4, 0.5) is 4.39 Å². The van der Waals surface area contributed by atoms with Crippen molar-refractivity contribution in [3.05, 3.63) is 35.1 Å². The van der Waals surface area contributed by atoms with Gasteiger partial charge in [-0.1, -0.05) is 11.8 Å². The molecule has 1 aliphatic carbocycles. The van der Waals surface area contributed by atoms with E-state index in [-0.39, 0.29) is 18.1 Å². The number of nitrogens with zero attached hydrogens (tertiary/aromatic N) is 1. The summed E-state index contributed by atoms with van der Waals surface area (Å²) in [7, 11) is 1.73. The Morgan fingerprint density at radius 3 is 2.84 bits per heavy atom. The Labute approximate surface area is 112 Å². The quantitative estimate of drug-likeness (QED) is 0.840. The topological polar surface area (TPSA) is 40.5 Å². The first kappa shape index (κ1) is 13.6. The highest BCUT2D eigenvalue weighted by atomic mass is 19.1. The molecule has 0 atom stereocenters. The van der Waals surface area contributed by atoms with Crippen LogP contribution < -0.4 is 0 Å². The summed E-state index contributed by atoms with van der Waals surface area (Å²) in [5, 5.41) is 8.57. The second-order valence-corrected chi connectivity index (χ2v) is 4.78. The number of rotatable bonds is 3. The second-order valence-electron chi connectivity index (χ2n) is 4.78. The zero-order valence-corrected chi connectivity index (χ0v) is 10.8. The van der Waals surface area contributed by atoms with Gasteiger partial charge in [-0.05, 0) is 37.0 Å². The van der Waals surface area contributed by atoms with Crippen molar-refractivity contribution in [2.75, 3.05) is 20.2 Å². The van der Waals surface area contributed by atoms with Crippen LogP contribution in [0, 0.1) is 23.6 Å². The molecule has 0 bridgehead atoms. The molecule has 2 rings (SSSR count). The van der Waals surface area contributed by atoms with Gasteiger partial charge in [-0.2, -0.15) is 0 Å². The predicted molar refractivity (Wildman–Crippen MR) is 70.0 cm³/mol. The normalized spacial score (nSPS) is 13.6. The van der Waals surface area contributed by atoms with E-state index in [4.69, 9.17) is 5.11 Å². The third-order valence-electron chi connectivity index (χ3n) is 3.09. The Bertz CT molecular complexity index is 541. The summed E-state index contributed by atoms with van der Waals surface area (Å²) in [6.45, 7) is 0.413. The van der Waals surface area contributed by atoms with Gasteiger partial charge in [0, 0.05) is 19.2 Å². The Kier molecular flexibility index (Phi) is 4.18. The van der Waals surface area contributed by atoms with Crippen LogP contribution >= 0.6 is 0 Å². The van der Waals surface area contributed by atoms with E-state index < -0.39 is 5.82 Å². The van der Waals surface area contributed by atoms with Crippen LogP contribution in [-0.4, -0.2) is 36.1 Å². The Morgan fingerprint density at radius 2 is 2.26 bits per heavy atom. The molecular formula is C15H16FNO2. The molecule has 0 spiro atoms. The number of aliphatic hydroxyl groups is 1. The largest absolute Gasteiger partial charge is 0.384 e. The van der Waals surface area contributed by atoms with Crippen LogP contribution in [0.1, 0.15) is 28.8 Å². The number of aliphatic hydroxyl groups excluding tert-OH is 1. The molecule has 100 valence electrons. The van der Waals surface area contributed by atoms with Gasteiger partial charge in [0.05, 0.1) is 5.56 Å². The molecule has 1 fully saturated rings. The average Bonchev–Trinajstić information content (AvgIpc) is 3.20. The van der Waals surface area contributed by atoms with Crippen molar-refractivity contribution in [1.29, 1.82) is 0 Å². The third kappa shape index (κ3) is 3.55. The van der Waals surface area contributed by atoms with Crippen LogP contribution in [0.15, 0.2) is 18.2 Å². The predicted octanol–water partition coefficient (Wildman–Crippen LogP) is 1.65. The fourth-order valence-corrected chi connectivity index (χ4v) is 1.88. The first-order chi connectivity index (χ1) is 9.11. The Hall–Kier alpha value is -1.86. The van der Waals surface area contributed by atoms with Gasteiger partial charge in [0.15, 0.2) is 0 Å². The summed E-state index contributed by atoms with van der Waals surface area (Å²) in [5.74, 6) is 4.78. The maximum atomic E-state index is 13.7. The molecule has 19 heavy (non-hydrogen) atoms. The molecule has 0 aliphatic heterocycles. The smallest absolute Gasteiger partial charge is 0.253 e. The number of halogens is 1. The molecule has 0 radical (unpaired) electrons. The van der Waals surface area contributed by atoms with Crippen molar-refractivity contribution < 1.29 is 14.3 Å². The highest BCUT2D eigenvalue weighted by molar-refractivity contribution is 5.94. The molecule has 1 amide bonds.